The molecule has 3 heterocycles. The highest BCUT2D eigenvalue weighted by Gasteiger charge is 2.72. The minimum atomic E-state index is -1.19. The SMILES string of the molecule is COc1ccc(NC(=O)[C@@H]2[C@@H]3C=C[C@]4(O3)[C@@H]2C(=O)N(CCN(C)Cc2ccccc2)[C@H]4C(=O)N[C@@H]2CCC[C@@H](C)[C@@H]2C)cc1. The Morgan fingerprint density at radius 1 is 1.07 bits per heavy atom. The van der Waals surface area contributed by atoms with Gasteiger partial charge >= 0.3 is 0 Å². The molecule has 1 saturated carbocycles. The van der Waals surface area contributed by atoms with E-state index in [-0.39, 0.29) is 23.8 Å². The molecule has 44 heavy (non-hydrogen) atoms. The number of amides is 3. The van der Waals surface area contributed by atoms with Gasteiger partial charge in [0, 0.05) is 31.4 Å². The van der Waals surface area contributed by atoms with E-state index in [1.165, 1.54) is 5.56 Å². The van der Waals surface area contributed by atoms with Crippen LogP contribution in [0.15, 0.2) is 66.7 Å². The number of rotatable bonds is 10. The maximum Gasteiger partial charge on any atom is 0.246 e. The number of fused-ring (bicyclic) bond motifs is 1. The van der Waals surface area contributed by atoms with E-state index in [0.29, 0.717) is 36.4 Å². The predicted molar refractivity (Wildman–Crippen MR) is 168 cm³/mol. The Bertz CT molecular complexity index is 1400. The van der Waals surface area contributed by atoms with Crippen molar-refractivity contribution < 1.29 is 23.9 Å². The van der Waals surface area contributed by atoms with E-state index in [1.807, 2.05) is 37.4 Å². The lowest BCUT2D eigenvalue weighted by Crippen LogP contribution is -2.58. The van der Waals surface area contributed by atoms with Gasteiger partial charge in [0.2, 0.25) is 17.7 Å². The van der Waals surface area contributed by atoms with E-state index in [0.717, 1.165) is 25.8 Å². The standard InChI is InChI=1S/C35H44N4O5/c1-22-9-8-12-27(23(22)2)37-33(41)31-35-18-17-28(44-35)29(32(40)36-25-13-15-26(43-4)16-14-25)30(35)34(42)39(31)20-19-38(3)21-24-10-6-5-7-11-24/h5-7,10-11,13-18,22-23,27-31H,8-9,12,19-21H2,1-4H3,(H,36,40)(H,37,41)/t22-,23+,27-,28+,29-,30+,31+,35+/m1/s1. The largest absolute Gasteiger partial charge is 0.497 e. The average Bonchev–Trinajstić information content (AvgIpc) is 3.66. The van der Waals surface area contributed by atoms with Crippen LogP contribution in [0, 0.1) is 23.7 Å². The molecule has 234 valence electrons. The first-order chi connectivity index (χ1) is 21.2. The van der Waals surface area contributed by atoms with E-state index >= 15 is 0 Å². The van der Waals surface area contributed by atoms with E-state index in [9.17, 15) is 14.4 Å². The molecule has 3 amide bonds. The number of hydrogen-bond donors (Lipinski definition) is 2. The van der Waals surface area contributed by atoms with Gasteiger partial charge in [0.1, 0.15) is 17.4 Å². The molecule has 2 N–H and O–H groups in total. The number of methoxy groups -OCH3 is 1. The number of anilines is 1. The van der Waals surface area contributed by atoms with Gasteiger partial charge < -0.3 is 29.9 Å². The van der Waals surface area contributed by atoms with Crippen molar-refractivity contribution in [1.82, 2.24) is 15.1 Å². The number of nitrogens with one attached hydrogen (secondary N) is 2. The first-order valence-electron chi connectivity index (χ1n) is 15.9. The Labute approximate surface area is 260 Å². The van der Waals surface area contributed by atoms with Crippen LogP contribution in [0.4, 0.5) is 5.69 Å². The van der Waals surface area contributed by atoms with Gasteiger partial charge in [-0.05, 0) is 55.1 Å². The molecule has 0 radical (unpaired) electrons. The molecule has 4 aliphatic rings. The Balaban J connectivity index is 1.25. The first-order valence-corrected chi connectivity index (χ1v) is 15.9. The summed E-state index contributed by atoms with van der Waals surface area (Å²) >= 11 is 0. The van der Waals surface area contributed by atoms with Crippen molar-refractivity contribution in [2.45, 2.75) is 63.4 Å². The van der Waals surface area contributed by atoms with E-state index < -0.39 is 29.6 Å². The van der Waals surface area contributed by atoms with Gasteiger partial charge in [0.15, 0.2) is 0 Å². The van der Waals surface area contributed by atoms with Gasteiger partial charge in [-0.1, -0.05) is 69.2 Å². The van der Waals surface area contributed by atoms with Crippen LogP contribution in [-0.4, -0.2) is 78.6 Å². The molecule has 3 aliphatic heterocycles. The van der Waals surface area contributed by atoms with Crippen molar-refractivity contribution in [3.63, 3.8) is 0 Å². The van der Waals surface area contributed by atoms with Crippen molar-refractivity contribution in [3.05, 3.63) is 72.3 Å². The predicted octanol–water partition coefficient (Wildman–Crippen LogP) is 3.86. The van der Waals surface area contributed by atoms with Crippen molar-refractivity contribution >= 4 is 23.4 Å². The fourth-order valence-corrected chi connectivity index (χ4v) is 7.71. The molecule has 0 aromatic heterocycles. The fourth-order valence-electron chi connectivity index (χ4n) is 7.71. The van der Waals surface area contributed by atoms with Crippen molar-refractivity contribution in [2.24, 2.45) is 23.7 Å². The Kier molecular flexibility index (Phi) is 8.53. The maximum atomic E-state index is 14.3. The first kappa shape index (κ1) is 30.3. The van der Waals surface area contributed by atoms with E-state index in [4.69, 9.17) is 9.47 Å². The molecule has 9 heteroatoms. The molecule has 6 rings (SSSR count). The molecule has 2 saturated heterocycles. The normalized spacial score (nSPS) is 32.2. The molecular weight excluding hydrogens is 556 g/mol. The third kappa shape index (κ3) is 5.52. The number of likely N-dealkylation sites (N-methyl/N-ethyl adjacent to an activating group) is 1. The topological polar surface area (TPSA) is 100 Å². The number of nitrogens with zero attached hydrogens (tertiary/aromatic N) is 2. The number of likely N-dealkylation sites (tertiary alicyclic amines) is 1. The molecule has 9 nitrogen and oxygen atoms in total. The molecular formula is C35H44N4O5. The molecule has 3 fully saturated rings. The van der Waals surface area contributed by atoms with Gasteiger partial charge in [-0.25, -0.2) is 0 Å². The molecule has 1 spiro atoms. The lowest BCUT2D eigenvalue weighted by molar-refractivity contribution is -0.141. The summed E-state index contributed by atoms with van der Waals surface area (Å²) in [4.78, 5) is 46.2. The van der Waals surface area contributed by atoms with E-state index in [1.54, 1.807) is 36.3 Å². The summed E-state index contributed by atoms with van der Waals surface area (Å²) in [6, 6.07) is 16.4. The Morgan fingerprint density at radius 3 is 2.55 bits per heavy atom. The molecule has 2 aromatic rings. The van der Waals surface area contributed by atoms with Crippen LogP contribution in [0.1, 0.15) is 38.7 Å². The van der Waals surface area contributed by atoms with Crippen molar-refractivity contribution in [1.29, 1.82) is 0 Å². The van der Waals surface area contributed by atoms with E-state index in [2.05, 4.69) is 41.5 Å². The fraction of sp³-hybridized carbons (Fsp3) is 0.514. The highest BCUT2D eigenvalue weighted by Crippen LogP contribution is 2.55. The summed E-state index contributed by atoms with van der Waals surface area (Å²) < 4.78 is 11.8. The summed E-state index contributed by atoms with van der Waals surface area (Å²) in [7, 11) is 3.60. The van der Waals surface area contributed by atoms with Crippen molar-refractivity contribution in [2.75, 3.05) is 32.6 Å². The van der Waals surface area contributed by atoms with Crippen LogP contribution in [0.3, 0.4) is 0 Å². The van der Waals surface area contributed by atoms with Gasteiger partial charge in [-0.3, -0.25) is 14.4 Å². The van der Waals surface area contributed by atoms with Crippen LogP contribution in [0.5, 0.6) is 5.75 Å². The minimum Gasteiger partial charge on any atom is -0.497 e. The minimum absolute atomic E-state index is 0.0381. The smallest absolute Gasteiger partial charge is 0.246 e. The summed E-state index contributed by atoms with van der Waals surface area (Å²) in [5.74, 6) is -0.687. The van der Waals surface area contributed by atoms with Crippen LogP contribution in [-0.2, 0) is 25.7 Å². The number of carbonyl (C=O) groups is 3. The second-order valence-electron chi connectivity index (χ2n) is 13.1. The van der Waals surface area contributed by atoms with Crippen LogP contribution in [0.2, 0.25) is 0 Å². The number of benzene rings is 2. The van der Waals surface area contributed by atoms with Gasteiger partial charge in [0.05, 0.1) is 25.0 Å². The molecule has 2 aromatic carbocycles. The van der Waals surface area contributed by atoms with Crippen LogP contribution in [0.25, 0.3) is 0 Å². The lowest BCUT2D eigenvalue weighted by atomic mass is 9.73. The summed E-state index contributed by atoms with van der Waals surface area (Å²) in [6.45, 7) is 6.08. The summed E-state index contributed by atoms with van der Waals surface area (Å²) in [6.07, 6.45) is 6.30. The Hall–Kier alpha value is -3.69. The molecule has 2 bridgehead atoms. The van der Waals surface area contributed by atoms with Crippen molar-refractivity contribution in [3.8, 4) is 5.75 Å². The molecule has 1 aliphatic carbocycles. The highest BCUT2D eigenvalue weighted by atomic mass is 16.5. The summed E-state index contributed by atoms with van der Waals surface area (Å²) in [5, 5.41) is 6.31. The number of carbonyl (C=O) groups excluding carboxylic acids is 3. The second-order valence-corrected chi connectivity index (χ2v) is 13.1. The summed E-state index contributed by atoms with van der Waals surface area (Å²) in [5.41, 5.74) is 0.596. The monoisotopic (exact) mass is 600 g/mol. The Morgan fingerprint density at radius 2 is 1.82 bits per heavy atom. The highest BCUT2D eigenvalue weighted by molar-refractivity contribution is 6.02. The zero-order chi connectivity index (χ0) is 31.0. The van der Waals surface area contributed by atoms with Crippen LogP contribution < -0.4 is 15.4 Å². The van der Waals surface area contributed by atoms with Gasteiger partial charge in [-0.15, -0.1) is 0 Å². The zero-order valence-electron chi connectivity index (χ0n) is 26.1. The lowest BCUT2D eigenvalue weighted by Gasteiger charge is -2.38. The van der Waals surface area contributed by atoms with Gasteiger partial charge in [-0.2, -0.15) is 0 Å². The number of ether oxygens (including phenoxy) is 2. The quantitative estimate of drug-likeness (QED) is 0.402. The second kappa shape index (κ2) is 12.4. The average molecular weight is 601 g/mol. The van der Waals surface area contributed by atoms with Gasteiger partial charge in [0.25, 0.3) is 0 Å². The van der Waals surface area contributed by atoms with Crippen LogP contribution >= 0.6 is 0 Å². The molecule has 0 unspecified atom stereocenters. The molecule has 8 atom stereocenters. The number of hydrogen-bond acceptors (Lipinski definition) is 6. The third-order valence-electron chi connectivity index (χ3n) is 10.3. The third-order valence-corrected chi connectivity index (χ3v) is 10.3. The maximum absolute atomic E-state index is 14.3. The zero-order valence-corrected chi connectivity index (χ0v) is 26.1.